The van der Waals surface area contributed by atoms with Crippen LogP contribution in [0.25, 0.3) is 11.1 Å². The number of ether oxygens (including phenoxy) is 2. The molecule has 37 heavy (non-hydrogen) atoms. The van der Waals surface area contributed by atoms with Crippen LogP contribution in [0.15, 0.2) is 54.6 Å². The Labute approximate surface area is 218 Å². The Bertz CT molecular complexity index is 1360. The van der Waals surface area contributed by atoms with Gasteiger partial charge < -0.3 is 14.6 Å². The molecule has 5 rings (SSSR count). The lowest BCUT2D eigenvalue weighted by Gasteiger charge is -2.32. The Morgan fingerprint density at radius 1 is 1.11 bits per heavy atom. The van der Waals surface area contributed by atoms with Crippen LogP contribution in [0.3, 0.4) is 0 Å². The zero-order valence-corrected chi connectivity index (χ0v) is 22.2. The number of methoxy groups -OCH3 is 1. The first-order chi connectivity index (χ1) is 17.5. The van der Waals surface area contributed by atoms with Crippen LogP contribution in [-0.4, -0.2) is 18.2 Å². The summed E-state index contributed by atoms with van der Waals surface area (Å²) in [6.45, 7) is 8.65. The molecule has 0 aliphatic heterocycles. The minimum Gasteiger partial charge on any atom is -0.489 e. The topological polar surface area (TPSA) is 55.8 Å². The molecule has 1 spiro atoms. The van der Waals surface area contributed by atoms with Gasteiger partial charge in [-0.05, 0) is 89.8 Å². The molecule has 2 aliphatic rings. The van der Waals surface area contributed by atoms with Crippen LogP contribution in [0.4, 0.5) is 4.39 Å². The molecule has 1 N–H and O–H groups in total. The van der Waals surface area contributed by atoms with Gasteiger partial charge >= 0.3 is 5.97 Å². The van der Waals surface area contributed by atoms with E-state index in [1.165, 1.54) is 11.6 Å². The summed E-state index contributed by atoms with van der Waals surface area (Å²) in [5.41, 5.74) is 6.21. The summed E-state index contributed by atoms with van der Waals surface area (Å²) in [5.74, 6) is -0.509. The van der Waals surface area contributed by atoms with Crippen molar-refractivity contribution in [3.8, 4) is 16.9 Å². The van der Waals surface area contributed by atoms with Gasteiger partial charge in [-0.25, -0.2) is 4.39 Å². The second-order valence-corrected chi connectivity index (χ2v) is 11.7. The average Bonchev–Trinajstić information content (AvgIpc) is 3.48. The third-order valence-electron chi connectivity index (χ3n) is 8.07. The van der Waals surface area contributed by atoms with E-state index in [0.717, 1.165) is 46.4 Å². The quantitative estimate of drug-likeness (QED) is 0.366. The van der Waals surface area contributed by atoms with E-state index >= 15 is 0 Å². The molecular formula is C32H35FO4. The van der Waals surface area contributed by atoms with Crippen LogP contribution < -0.4 is 4.74 Å². The third-order valence-corrected chi connectivity index (χ3v) is 8.07. The maximum Gasteiger partial charge on any atom is 0.307 e. The standard InChI is InChI=1S/C32H35FO4/c1-19-6-11-28(33)24(14-19)23-10-7-20(15-25(23)29(36-5)31(2,3)4)18-37-22-9-8-21-12-13-32(26(21)16-22)17-27(32)30(34)35/h6-11,14-16,27,29H,12-13,17-18H2,1-5H3,(H,34,35)/t27-,29-,32-/m0/s1. The van der Waals surface area contributed by atoms with Crippen LogP contribution in [0.5, 0.6) is 5.75 Å². The van der Waals surface area contributed by atoms with Gasteiger partial charge in [0.15, 0.2) is 0 Å². The largest absolute Gasteiger partial charge is 0.489 e. The first-order valence-electron chi connectivity index (χ1n) is 12.9. The fourth-order valence-electron chi connectivity index (χ4n) is 6.15. The number of carboxylic acid groups (broad SMARTS) is 1. The van der Waals surface area contributed by atoms with E-state index in [1.807, 2.05) is 37.3 Å². The van der Waals surface area contributed by atoms with Crippen molar-refractivity contribution in [3.05, 3.63) is 88.2 Å². The Kier molecular flexibility index (Phi) is 6.39. The van der Waals surface area contributed by atoms with Crippen molar-refractivity contribution >= 4 is 5.97 Å². The molecule has 5 heteroatoms. The van der Waals surface area contributed by atoms with E-state index in [2.05, 4.69) is 32.9 Å². The summed E-state index contributed by atoms with van der Waals surface area (Å²) in [4.78, 5) is 11.6. The van der Waals surface area contributed by atoms with Crippen molar-refractivity contribution in [1.82, 2.24) is 0 Å². The number of hydrogen-bond donors (Lipinski definition) is 1. The molecule has 0 bridgehead atoms. The lowest BCUT2D eigenvalue weighted by Crippen LogP contribution is -2.21. The summed E-state index contributed by atoms with van der Waals surface area (Å²) in [6, 6.07) is 17.3. The van der Waals surface area contributed by atoms with Gasteiger partial charge in [0.2, 0.25) is 0 Å². The molecule has 1 fully saturated rings. The summed E-state index contributed by atoms with van der Waals surface area (Å²) < 4.78 is 27.1. The highest BCUT2D eigenvalue weighted by molar-refractivity contribution is 5.78. The fourth-order valence-corrected chi connectivity index (χ4v) is 6.15. The van der Waals surface area contributed by atoms with Crippen molar-refractivity contribution < 1.29 is 23.8 Å². The number of aryl methyl sites for hydroxylation is 2. The van der Waals surface area contributed by atoms with Gasteiger partial charge in [-0.3, -0.25) is 4.79 Å². The summed E-state index contributed by atoms with van der Waals surface area (Å²) in [5, 5.41) is 9.55. The SMILES string of the molecule is CO[C@@H](c1cc(COc2ccc3c(c2)[C@]2(CC3)C[C@H]2C(=O)O)ccc1-c1cc(C)ccc1F)C(C)(C)C. The van der Waals surface area contributed by atoms with Gasteiger partial charge in [-0.1, -0.05) is 50.6 Å². The Hall–Kier alpha value is -3.18. The van der Waals surface area contributed by atoms with Crippen molar-refractivity contribution in [2.45, 2.75) is 65.1 Å². The van der Waals surface area contributed by atoms with Gasteiger partial charge in [-0.15, -0.1) is 0 Å². The van der Waals surface area contributed by atoms with Crippen molar-refractivity contribution in [3.63, 3.8) is 0 Å². The molecule has 0 aromatic heterocycles. The highest BCUT2D eigenvalue weighted by Crippen LogP contribution is 2.62. The minimum absolute atomic E-state index is 0.206. The van der Waals surface area contributed by atoms with Gasteiger partial charge in [0.25, 0.3) is 0 Å². The molecule has 2 aliphatic carbocycles. The lowest BCUT2D eigenvalue weighted by atomic mass is 9.81. The van der Waals surface area contributed by atoms with Crippen LogP contribution in [0.2, 0.25) is 0 Å². The molecule has 0 saturated heterocycles. The zero-order valence-electron chi connectivity index (χ0n) is 22.2. The maximum atomic E-state index is 14.9. The number of halogens is 1. The molecule has 0 heterocycles. The number of carboxylic acids is 1. The number of benzene rings is 3. The highest BCUT2D eigenvalue weighted by Gasteiger charge is 2.61. The number of carbonyl (C=O) groups is 1. The normalized spacial score (nSPS) is 21.1. The molecule has 0 radical (unpaired) electrons. The number of hydrogen-bond acceptors (Lipinski definition) is 3. The second kappa shape index (κ2) is 9.29. The molecule has 3 aromatic carbocycles. The van der Waals surface area contributed by atoms with Crippen molar-refractivity contribution in [2.75, 3.05) is 7.11 Å². The molecule has 0 unspecified atom stereocenters. The predicted molar refractivity (Wildman–Crippen MR) is 142 cm³/mol. The predicted octanol–water partition coefficient (Wildman–Crippen LogP) is 7.40. The van der Waals surface area contributed by atoms with Crippen LogP contribution in [0, 0.1) is 24.1 Å². The van der Waals surface area contributed by atoms with E-state index in [4.69, 9.17) is 9.47 Å². The lowest BCUT2D eigenvalue weighted by molar-refractivity contribution is -0.139. The summed E-state index contributed by atoms with van der Waals surface area (Å²) in [6.07, 6.45) is 2.29. The van der Waals surface area contributed by atoms with Crippen LogP contribution in [0.1, 0.15) is 67.5 Å². The van der Waals surface area contributed by atoms with E-state index in [9.17, 15) is 14.3 Å². The zero-order chi connectivity index (χ0) is 26.5. The Morgan fingerprint density at radius 3 is 2.57 bits per heavy atom. The molecule has 3 atom stereocenters. The number of aliphatic carboxylic acids is 1. The minimum atomic E-state index is -0.705. The molecular weight excluding hydrogens is 467 g/mol. The third kappa shape index (κ3) is 4.66. The molecule has 0 amide bonds. The molecule has 4 nitrogen and oxygen atoms in total. The monoisotopic (exact) mass is 502 g/mol. The average molecular weight is 503 g/mol. The molecule has 3 aromatic rings. The maximum absolute atomic E-state index is 14.9. The van der Waals surface area contributed by atoms with E-state index < -0.39 is 5.97 Å². The fraction of sp³-hybridized carbons (Fsp3) is 0.406. The van der Waals surface area contributed by atoms with Gasteiger partial charge in [-0.2, -0.15) is 0 Å². The summed E-state index contributed by atoms with van der Waals surface area (Å²) in [7, 11) is 1.69. The highest BCUT2D eigenvalue weighted by atomic mass is 19.1. The first-order valence-corrected chi connectivity index (χ1v) is 12.9. The number of fused-ring (bicyclic) bond motifs is 2. The van der Waals surface area contributed by atoms with Crippen LogP contribution >= 0.6 is 0 Å². The van der Waals surface area contributed by atoms with E-state index in [1.54, 1.807) is 13.2 Å². The van der Waals surface area contributed by atoms with Gasteiger partial charge in [0, 0.05) is 18.1 Å². The summed E-state index contributed by atoms with van der Waals surface area (Å²) >= 11 is 0. The molecule has 1 saturated carbocycles. The Morgan fingerprint density at radius 2 is 1.89 bits per heavy atom. The first kappa shape index (κ1) is 25.5. The van der Waals surface area contributed by atoms with Crippen molar-refractivity contribution in [2.24, 2.45) is 11.3 Å². The Balaban J connectivity index is 1.45. The van der Waals surface area contributed by atoms with Gasteiger partial charge in [0.1, 0.15) is 18.2 Å². The van der Waals surface area contributed by atoms with Crippen molar-refractivity contribution in [1.29, 1.82) is 0 Å². The van der Waals surface area contributed by atoms with E-state index in [-0.39, 0.29) is 28.7 Å². The van der Waals surface area contributed by atoms with Crippen LogP contribution in [-0.2, 0) is 28.0 Å². The number of rotatable bonds is 7. The second-order valence-electron chi connectivity index (χ2n) is 11.7. The van der Waals surface area contributed by atoms with Gasteiger partial charge in [0.05, 0.1) is 12.0 Å². The molecule has 194 valence electrons. The van der Waals surface area contributed by atoms with E-state index in [0.29, 0.717) is 18.6 Å². The smallest absolute Gasteiger partial charge is 0.307 e.